The Morgan fingerprint density at radius 1 is 1.38 bits per heavy atom. The van der Waals surface area contributed by atoms with Crippen LogP contribution in [-0.2, 0) is 13.6 Å². The number of hydrazine groups is 1. The van der Waals surface area contributed by atoms with Crippen LogP contribution in [0.25, 0.3) is 0 Å². The Balaban J connectivity index is 1.66. The van der Waals surface area contributed by atoms with E-state index in [1.165, 1.54) is 12.1 Å². The Kier molecular flexibility index (Phi) is 5.20. The lowest BCUT2D eigenvalue weighted by Gasteiger charge is -2.25. The third kappa shape index (κ3) is 3.62. The van der Waals surface area contributed by atoms with E-state index in [0.717, 1.165) is 36.5 Å². The second kappa shape index (κ2) is 7.19. The maximum absolute atomic E-state index is 13.1. The normalized spacial score (nSPS) is 20.9. The van der Waals surface area contributed by atoms with Crippen LogP contribution in [0, 0.1) is 18.7 Å². The molecular weight excluding hydrogens is 329 g/mol. The highest BCUT2D eigenvalue weighted by molar-refractivity contribution is 6.30. The van der Waals surface area contributed by atoms with Crippen LogP contribution in [0.15, 0.2) is 24.3 Å². The van der Waals surface area contributed by atoms with Gasteiger partial charge in [-0.05, 0) is 31.7 Å². The zero-order valence-corrected chi connectivity index (χ0v) is 14.9. The zero-order valence-electron chi connectivity index (χ0n) is 14.2. The van der Waals surface area contributed by atoms with E-state index in [9.17, 15) is 4.39 Å². The van der Waals surface area contributed by atoms with E-state index in [0.29, 0.717) is 11.1 Å². The minimum atomic E-state index is -0.208. The minimum Gasteiger partial charge on any atom is -0.302 e. The number of hydrogen-bond acceptors (Lipinski definition) is 4. The van der Waals surface area contributed by atoms with Crippen molar-refractivity contribution < 1.29 is 4.39 Å². The summed E-state index contributed by atoms with van der Waals surface area (Å²) in [6, 6.07) is 6.87. The van der Waals surface area contributed by atoms with Gasteiger partial charge in [0.2, 0.25) is 0 Å². The molecule has 1 aromatic carbocycles. The molecule has 130 valence electrons. The number of rotatable bonds is 5. The largest absolute Gasteiger partial charge is 0.302 e. The molecule has 2 atom stereocenters. The molecule has 0 saturated carbocycles. The lowest BCUT2D eigenvalue weighted by atomic mass is 9.94. The molecule has 0 amide bonds. The third-order valence-corrected chi connectivity index (χ3v) is 5.04. The molecule has 1 aliphatic heterocycles. The average Bonchev–Trinajstić information content (AvgIpc) is 3.08. The molecule has 0 aliphatic carbocycles. The van der Waals surface area contributed by atoms with Crippen molar-refractivity contribution in [1.29, 1.82) is 0 Å². The first-order chi connectivity index (χ1) is 11.5. The van der Waals surface area contributed by atoms with Crippen LogP contribution in [0.5, 0.6) is 0 Å². The summed E-state index contributed by atoms with van der Waals surface area (Å²) >= 11 is 6.33. The van der Waals surface area contributed by atoms with Crippen LogP contribution >= 0.6 is 11.6 Å². The van der Waals surface area contributed by atoms with Crippen molar-refractivity contribution in [2.75, 3.05) is 20.1 Å². The number of nitrogens with one attached hydrogen (secondary N) is 2. The lowest BCUT2D eigenvalue weighted by Crippen LogP contribution is -2.30. The first-order valence-electron chi connectivity index (χ1n) is 8.06. The van der Waals surface area contributed by atoms with Crippen molar-refractivity contribution >= 4 is 11.6 Å². The van der Waals surface area contributed by atoms with Gasteiger partial charge in [0.15, 0.2) is 0 Å². The van der Waals surface area contributed by atoms with Gasteiger partial charge in [0.1, 0.15) is 11.0 Å². The maximum atomic E-state index is 13.1. The minimum absolute atomic E-state index is 0.165. The summed E-state index contributed by atoms with van der Waals surface area (Å²) in [5.74, 6) is 0.177. The molecule has 1 aromatic heterocycles. The second-order valence-electron chi connectivity index (χ2n) is 6.49. The Morgan fingerprint density at radius 3 is 2.71 bits per heavy atom. The van der Waals surface area contributed by atoms with Crippen LogP contribution in [0.2, 0.25) is 5.15 Å². The van der Waals surface area contributed by atoms with Gasteiger partial charge in [-0.3, -0.25) is 10.1 Å². The van der Waals surface area contributed by atoms with Crippen molar-refractivity contribution in [3.8, 4) is 0 Å². The highest BCUT2D eigenvalue weighted by Crippen LogP contribution is 2.27. The number of nitrogens with zero attached hydrogens (tertiary/aromatic N) is 3. The lowest BCUT2D eigenvalue weighted by molar-refractivity contribution is 0.262. The van der Waals surface area contributed by atoms with Gasteiger partial charge in [-0.1, -0.05) is 23.7 Å². The third-order valence-electron chi connectivity index (χ3n) is 4.57. The fraction of sp³-hybridized carbons (Fsp3) is 0.471. The first kappa shape index (κ1) is 17.4. The van der Waals surface area contributed by atoms with Crippen molar-refractivity contribution in [2.24, 2.45) is 13.0 Å². The molecule has 0 spiro atoms. The summed E-state index contributed by atoms with van der Waals surface area (Å²) in [5.41, 5.74) is 9.64. The quantitative estimate of drug-likeness (QED) is 0.868. The number of aryl methyl sites for hydroxylation is 2. The summed E-state index contributed by atoms with van der Waals surface area (Å²) in [6.45, 7) is 4.50. The monoisotopic (exact) mass is 351 g/mol. The van der Waals surface area contributed by atoms with Crippen molar-refractivity contribution in [2.45, 2.75) is 19.5 Å². The topological polar surface area (TPSA) is 45.1 Å². The van der Waals surface area contributed by atoms with E-state index in [4.69, 9.17) is 11.6 Å². The number of hydrogen-bond donors (Lipinski definition) is 2. The van der Waals surface area contributed by atoms with Gasteiger partial charge in [-0.2, -0.15) is 5.10 Å². The molecule has 24 heavy (non-hydrogen) atoms. The van der Waals surface area contributed by atoms with E-state index >= 15 is 0 Å². The number of benzene rings is 1. The Bertz CT molecular complexity index is 700. The van der Waals surface area contributed by atoms with E-state index in [1.54, 1.807) is 4.68 Å². The molecule has 7 heteroatoms. The van der Waals surface area contributed by atoms with Crippen molar-refractivity contribution in [3.63, 3.8) is 0 Å². The molecule has 1 fully saturated rings. The fourth-order valence-electron chi connectivity index (χ4n) is 3.32. The molecule has 1 saturated heterocycles. The molecule has 0 bridgehead atoms. The maximum Gasteiger partial charge on any atom is 0.131 e. The van der Waals surface area contributed by atoms with E-state index < -0.39 is 0 Å². The standard InChI is InChI=1S/C17H23ClFN5/c1-11-15(17(18)24(3)22-11)10-23(2)9-13-8-20-21-16(13)12-4-6-14(19)7-5-12/h4-7,13,16,20-21H,8-10H2,1-3H3. The molecule has 2 N–H and O–H groups in total. The molecule has 2 aromatic rings. The SMILES string of the molecule is Cc1nn(C)c(Cl)c1CN(C)CC1CNNC1c1ccc(F)cc1. The van der Waals surface area contributed by atoms with E-state index in [-0.39, 0.29) is 11.9 Å². The molecule has 2 unspecified atom stereocenters. The second-order valence-corrected chi connectivity index (χ2v) is 6.85. The summed E-state index contributed by atoms with van der Waals surface area (Å²) in [6.07, 6.45) is 0. The fourth-order valence-corrected chi connectivity index (χ4v) is 3.55. The van der Waals surface area contributed by atoms with Gasteiger partial charge in [0.25, 0.3) is 0 Å². The Morgan fingerprint density at radius 2 is 2.08 bits per heavy atom. The van der Waals surface area contributed by atoms with Gasteiger partial charge in [0, 0.05) is 38.2 Å². The summed E-state index contributed by atoms with van der Waals surface area (Å²) in [5, 5.41) is 5.06. The van der Waals surface area contributed by atoms with Gasteiger partial charge < -0.3 is 4.90 Å². The zero-order chi connectivity index (χ0) is 17.3. The Labute approximate surface area is 146 Å². The molecule has 3 rings (SSSR count). The van der Waals surface area contributed by atoms with E-state index in [1.807, 2.05) is 26.1 Å². The Hall–Kier alpha value is -1.47. The van der Waals surface area contributed by atoms with Crippen LogP contribution in [0.1, 0.15) is 22.9 Å². The van der Waals surface area contributed by atoms with Crippen LogP contribution < -0.4 is 10.9 Å². The summed E-state index contributed by atoms with van der Waals surface area (Å²) < 4.78 is 14.8. The van der Waals surface area contributed by atoms with Gasteiger partial charge >= 0.3 is 0 Å². The predicted octanol–water partition coefficient (Wildman–Crippen LogP) is 2.42. The number of aromatic nitrogens is 2. The summed E-state index contributed by atoms with van der Waals surface area (Å²) in [7, 11) is 3.94. The highest BCUT2D eigenvalue weighted by atomic mass is 35.5. The average molecular weight is 352 g/mol. The number of halogens is 2. The molecular formula is C17H23ClFN5. The van der Waals surface area contributed by atoms with Crippen molar-refractivity contribution in [1.82, 2.24) is 25.5 Å². The molecule has 2 heterocycles. The smallest absolute Gasteiger partial charge is 0.131 e. The molecule has 0 radical (unpaired) electrons. The van der Waals surface area contributed by atoms with Crippen LogP contribution in [0.4, 0.5) is 4.39 Å². The molecule has 5 nitrogen and oxygen atoms in total. The first-order valence-corrected chi connectivity index (χ1v) is 8.44. The van der Waals surface area contributed by atoms with E-state index in [2.05, 4.69) is 27.9 Å². The summed E-state index contributed by atoms with van der Waals surface area (Å²) in [4.78, 5) is 2.26. The van der Waals surface area contributed by atoms with Gasteiger partial charge in [-0.25, -0.2) is 9.82 Å². The van der Waals surface area contributed by atoms with Crippen LogP contribution in [-0.4, -0.2) is 34.8 Å². The molecule has 1 aliphatic rings. The van der Waals surface area contributed by atoms with Gasteiger partial charge in [0.05, 0.1) is 11.7 Å². The van der Waals surface area contributed by atoms with Crippen LogP contribution in [0.3, 0.4) is 0 Å². The van der Waals surface area contributed by atoms with Gasteiger partial charge in [-0.15, -0.1) is 0 Å². The predicted molar refractivity (Wildman–Crippen MR) is 93.1 cm³/mol. The van der Waals surface area contributed by atoms with Crippen molar-refractivity contribution in [3.05, 3.63) is 52.1 Å². The highest BCUT2D eigenvalue weighted by Gasteiger charge is 2.29.